The number of para-hydroxylation sites is 1. The molecule has 0 aliphatic rings. The van der Waals surface area contributed by atoms with Gasteiger partial charge in [-0.25, -0.2) is 0 Å². The number of hydrogen-bond donors (Lipinski definition) is 4. The second-order valence-corrected chi connectivity index (χ2v) is 8.80. The molecule has 4 N–H and O–H groups in total. The minimum atomic E-state index is -4.60. The van der Waals surface area contributed by atoms with Crippen LogP contribution < -0.4 is 21.3 Å². The first-order valence-corrected chi connectivity index (χ1v) is 11.9. The monoisotopic (exact) mass is 526 g/mol. The molecule has 1 atom stereocenters. The highest BCUT2D eigenvalue weighted by molar-refractivity contribution is 5.99. The number of nitrogens with one attached hydrogen (secondary N) is 4. The van der Waals surface area contributed by atoms with E-state index in [0.717, 1.165) is 28.8 Å². The maximum absolute atomic E-state index is 12.9. The molecule has 3 amide bonds. The Hall–Kier alpha value is -4.18. The third-order valence-corrected chi connectivity index (χ3v) is 5.72. The van der Waals surface area contributed by atoms with E-state index in [1.807, 2.05) is 32.0 Å². The van der Waals surface area contributed by atoms with Crippen LogP contribution in [0.4, 0.5) is 18.9 Å². The summed E-state index contributed by atoms with van der Waals surface area (Å²) < 4.78 is 38.8. The van der Waals surface area contributed by atoms with Crippen molar-refractivity contribution in [1.82, 2.24) is 16.0 Å². The molecular weight excluding hydrogens is 497 g/mol. The first-order chi connectivity index (χ1) is 18.0. The van der Waals surface area contributed by atoms with Crippen LogP contribution in [-0.4, -0.2) is 36.9 Å². The predicted octanol–water partition coefficient (Wildman–Crippen LogP) is 3.97. The van der Waals surface area contributed by atoms with Crippen molar-refractivity contribution >= 4 is 23.4 Å². The Kier molecular flexibility index (Phi) is 9.61. The van der Waals surface area contributed by atoms with E-state index in [2.05, 4.69) is 21.3 Å². The van der Waals surface area contributed by atoms with Gasteiger partial charge in [0.2, 0.25) is 11.8 Å². The van der Waals surface area contributed by atoms with Crippen LogP contribution in [0.25, 0.3) is 0 Å². The van der Waals surface area contributed by atoms with Gasteiger partial charge in [-0.15, -0.1) is 0 Å². The van der Waals surface area contributed by atoms with Crippen molar-refractivity contribution in [2.24, 2.45) is 0 Å². The number of benzene rings is 3. The fourth-order valence-electron chi connectivity index (χ4n) is 3.70. The number of amides is 3. The fraction of sp³-hybridized carbons (Fsp3) is 0.250. The molecule has 0 aliphatic carbocycles. The van der Waals surface area contributed by atoms with E-state index < -0.39 is 42.0 Å². The zero-order valence-corrected chi connectivity index (χ0v) is 21.0. The molecule has 200 valence electrons. The molecule has 0 aliphatic heterocycles. The van der Waals surface area contributed by atoms with E-state index in [-0.39, 0.29) is 12.1 Å². The molecule has 0 bridgehead atoms. The summed E-state index contributed by atoms with van der Waals surface area (Å²) in [6, 6.07) is 17.6. The van der Waals surface area contributed by atoms with Gasteiger partial charge in [-0.3, -0.25) is 14.4 Å². The van der Waals surface area contributed by atoms with Gasteiger partial charge in [-0.05, 0) is 55.3 Å². The minimum absolute atomic E-state index is 0.0965. The van der Waals surface area contributed by atoms with Gasteiger partial charge in [-0.2, -0.15) is 13.2 Å². The number of rotatable bonds is 10. The summed E-state index contributed by atoms with van der Waals surface area (Å²) >= 11 is 0. The molecule has 0 saturated carbocycles. The molecule has 0 saturated heterocycles. The third kappa shape index (κ3) is 8.45. The molecule has 38 heavy (non-hydrogen) atoms. The molecule has 0 radical (unpaired) electrons. The lowest BCUT2D eigenvalue weighted by molar-refractivity contribution is -0.137. The van der Waals surface area contributed by atoms with E-state index in [1.54, 1.807) is 30.3 Å². The predicted molar refractivity (Wildman–Crippen MR) is 138 cm³/mol. The highest BCUT2D eigenvalue weighted by atomic mass is 19.4. The van der Waals surface area contributed by atoms with Gasteiger partial charge in [0.1, 0.15) is 6.04 Å². The Balaban J connectivity index is 1.62. The molecule has 0 aromatic heterocycles. The van der Waals surface area contributed by atoms with Crippen LogP contribution in [-0.2, 0) is 22.3 Å². The van der Waals surface area contributed by atoms with Gasteiger partial charge in [-0.1, -0.05) is 48.0 Å². The summed E-state index contributed by atoms with van der Waals surface area (Å²) in [6.07, 6.45) is -4.60. The minimum Gasteiger partial charge on any atom is -0.343 e. The summed E-state index contributed by atoms with van der Waals surface area (Å²) in [5.74, 6) is -1.99. The van der Waals surface area contributed by atoms with Crippen LogP contribution in [0.1, 0.15) is 32.6 Å². The first-order valence-electron chi connectivity index (χ1n) is 11.9. The molecular formula is C28H29F3N4O3. The van der Waals surface area contributed by atoms with Crippen LogP contribution in [0.2, 0.25) is 0 Å². The lowest BCUT2D eigenvalue weighted by Crippen LogP contribution is -2.51. The average Bonchev–Trinajstić information content (AvgIpc) is 2.88. The van der Waals surface area contributed by atoms with Gasteiger partial charge >= 0.3 is 6.18 Å². The van der Waals surface area contributed by atoms with Gasteiger partial charge in [0.25, 0.3) is 5.91 Å². The van der Waals surface area contributed by atoms with Crippen molar-refractivity contribution in [2.75, 3.05) is 18.4 Å². The molecule has 0 unspecified atom stereocenters. The topological polar surface area (TPSA) is 99.3 Å². The van der Waals surface area contributed by atoms with Crippen molar-refractivity contribution in [2.45, 2.75) is 32.6 Å². The lowest BCUT2D eigenvalue weighted by atomic mass is 10.1. The summed E-state index contributed by atoms with van der Waals surface area (Å²) in [4.78, 5) is 37.8. The number of anilines is 1. The summed E-state index contributed by atoms with van der Waals surface area (Å²) in [5, 5.41) is 10.8. The van der Waals surface area contributed by atoms with Crippen molar-refractivity contribution < 1.29 is 27.6 Å². The second-order valence-electron chi connectivity index (χ2n) is 8.80. The maximum atomic E-state index is 12.9. The standard InChI is InChI=1S/C28H29F3N4O3/c1-18-11-12-21(19(2)13-18)15-32-16-24(27(38)34-23-9-4-3-5-10-23)35-25(36)17-33-26(37)20-7-6-8-22(14-20)28(29,30)31/h3-14,24,32H,15-17H2,1-2H3,(H,33,37)(H,34,38)(H,35,36)/t24-/m0/s1. The smallest absolute Gasteiger partial charge is 0.343 e. The van der Waals surface area contributed by atoms with Gasteiger partial charge in [0, 0.05) is 24.3 Å². The number of alkyl halides is 3. The maximum Gasteiger partial charge on any atom is 0.416 e. The Morgan fingerprint density at radius 1 is 0.895 bits per heavy atom. The number of carbonyl (C=O) groups excluding carboxylic acids is 3. The summed E-state index contributed by atoms with van der Waals surface area (Å²) in [6.45, 7) is 4.01. The Morgan fingerprint density at radius 2 is 1.63 bits per heavy atom. The van der Waals surface area contributed by atoms with Crippen molar-refractivity contribution in [1.29, 1.82) is 0 Å². The lowest BCUT2D eigenvalue weighted by Gasteiger charge is -2.20. The molecule has 0 spiro atoms. The SMILES string of the molecule is Cc1ccc(CNC[C@H](NC(=O)CNC(=O)c2cccc(C(F)(F)F)c2)C(=O)Nc2ccccc2)c(C)c1. The largest absolute Gasteiger partial charge is 0.416 e. The van der Waals surface area contributed by atoms with Gasteiger partial charge in [0.15, 0.2) is 0 Å². The van der Waals surface area contributed by atoms with Crippen LogP contribution in [0.5, 0.6) is 0 Å². The van der Waals surface area contributed by atoms with Crippen molar-refractivity contribution in [3.63, 3.8) is 0 Å². The van der Waals surface area contributed by atoms with E-state index >= 15 is 0 Å². The zero-order chi connectivity index (χ0) is 27.7. The summed E-state index contributed by atoms with van der Waals surface area (Å²) in [5.41, 5.74) is 2.60. The third-order valence-electron chi connectivity index (χ3n) is 5.72. The van der Waals surface area contributed by atoms with E-state index in [1.165, 1.54) is 6.07 Å². The van der Waals surface area contributed by atoms with Crippen molar-refractivity contribution in [3.05, 3.63) is 101 Å². The van der Waals surface area contributed by atoms with E-state index in [0.29, 0.717) is 18.3 Å². The molecule has 3 aromatic rings. The quantitative estimate of drug-likeness (QED) is 0.321. The van der Waals surface area contributed by atoms with E-state index in [4.69, 9.17) is 0 Å². The molecule has 0 heterocycles. The fourth-order valence-corrected chi connectivity index (χ4v) is 3.70. The molecule has 0 fully saturated rings. The van der Waals surface area contributed by atoms with Gasteiger partial charge in [0.05, 0.1) is 12.1 Å². The highest BCUT2D eigenvalue weighted by Crippen LogP contribution is 2.29. The number of carbonyl (C=O) groups is 3. The molecule has 3 aromatic carbocycles. The zero-order valence-electron chi connectivity index (χ0n) is 21.0. The van der Waals surface area contributed by atoms with Crippen LogP contribution in [0.3, 0.4) is 0 Å². The normalized spacial score (nSPS) is 11.9. The number of hydrogen-bond acceptors (Lipinski definition) is 4. The Bertz CT molecular complexity index is 1280. The number of halogens is 3. The second kappa shape index (κ2) is 12.9. The molecule has 10 heteroatoms. The van der Waals surface area contributed by atoms with E-state index in [9.17, 15) is 27.6 Å². The number of aryl methyl sites for hydroxylation is 2. The van der Waals surface area contributed by atoms with Crippen molar-refractivity contribution in [3.8, 4) is 0 Å². The molecule has 3 rings (SSSR count). The van der Waals surface area contributed by atoms with Crippen LogP contribution in [0, 0.1) is 13.8 Å². The Morgan fingerprint density at radius 3 is 2.32 bits per heavy atom. The average molecular weight is 527 g/mol. The summed E-state index contributed by atoms with van der Waals surface area (Å²) in [7, 11) is 0. The van der Waals surface area contributed by atoms with Crippen LogP contribution in [0.15, 0.2) is 72.8 Å². The van der Waals surface area contributed by atoms with Gasteiger partial charge < -0.3 is 21.3 Å². The van der Waals surface area contributed by atoms with Crippen LogP contribution >= 0.6 is 0 Å². The highest BCUT2D eigenvalue weighted by Gasteiger charge is 2.31. The Labute approximate surface area is 218 Å². The molecule has 7 nitrogen and oxygen atoms in total. The first kappa shape index (κ1) is 28.4.